The topological polar surface area (TPSA) is 91.8 Å². The first-order chi connectivity index (χ1) is 15.2. The van der Waals surface area contributed by atoms with Crippen molar-refractivity contribution in [2.45, 2.75) is 18.7 Å². The number of hydrogen-bond acceptors (Lipinski definition) is 5. The molecule has 31 heavy (non-hydrogen) atoms. The van der Waals surface area contributed by atoms with Crippen LogP contribution in [-0.2, 0) is 16.1 Å². The fourth-order valence-electron chi connectivity index (χ4n) is 3.66. The van der Waals surface area contributed by atoms with Gasteiger partial charge < -0.3 is 20.1 Å². The maximum absolute atomic E-state index is 12.5. The average molecular weight is 417 g/mol. The molecule has 7 heteroatoms. The normalized spacial score (nSPS) is 18.6. The number of pyridine rings is 1. The Kier molecular flexibility index (Phi) is 6.35. The minimum atomic E-state index is -0.522. The monoisotopic (exact) mass is 417 g/mol. The summed E-state index contributed by atoms with van der Waals surface area (Å²) < 4.78 is 5.78. The van der Waals surface area contributed by atoms with Gasteiger partial charge >= 0.3 is 0 Å². The van der Waals surface area contributed by atoms with Crippen LogP contribution >= 0.6 is 0 Å². The molecule has 4 rings (SSSR count). The van der Waals surface area contributed by atoms with E-state index in [1.165, 1.54) is 0 Å². The fourth-order valence-corrected chi connectivity index (χ4v) is 3.66. The van der Waals surface area contributed by atoms with Crippen LogP contribution < -0.4 is 5.32 Å². The molecule has 1 aromatic heterocycles. The van der Waals surface area contributed by atoms with E-state index in [9.17, 15) is 14.7 Å². The quantitative estimate of drug-likeness (QED) is 0.644. The minimum absolute atomic E-state index is 0.0616. The Balaban J connectivity index is 1.48. The van der Waals surface area contributed by atoms with Gasteiger partial charge in [0.1, 0.15) is 12.7 Å². The molecule has 158 valence electrons. The van der Waals surface area contributed by atoms with E-state index >= 15 is 0 Å². The van der Waals surface area contributed by atoms with Crippen molar-refractivity contribution in [2.75, 3.05) is 18.5 Å². The molecule has 2 heterocycles. The first kappa shape index (κ1) is 20.7. The number of aliphatic hydroxyl groups excluding tert-OH is 1. The number of morpholine rings is 1. The predicted octanol–water partition coefficient (Wildman–Crippen LogP) is 2.79. The van der Waals surface area contributed by atoms with Crippen LogP contribution in [-0.4, -0.2) is 46.1 Å². The lowest BCUT2D eigenvalue weighted by atomic mass is 9.98. The Labute approximate surface area is 180 Å². The zero-order valence-corrected chi connectivity index (χ0v) is 16.8. The number of amides is 2. The Morgan fingerprint density at radius 2 is 1.87 bits per heavy atom. The number of nitrogens with zero attached hydrogens (tertiary/aromatic N) is 2. The maximum atomic E-state index is 12.5. The van der Waals surface area contributed by atoms with Crippen molar-refractivity contribution in [1.29, 1.82) is 0 Å². The average Bonchev–Trinajstić information content (AvgIpc) is 2.82. The molecule has 0 radical (unpaired) electrons. The molecule has 0 spiro atoms. The van der Waals surface area contributed by atoms with Gasteiger partial charge in [0.05, 0.1) is 12.6 Å². The van der Waals surface area contributed by atoms with Crippen LogP contribution in [0.1, 0.15) is 27.6 Å². The van der Waals surface area contributed by atoms with E-state index in [0.29, 0.717) is 17.8 Å². The molecule has 2 amide bonds. The highest BCUT2D eigenvalue weighted by atomic mass is 16.5. The Morgan fingerprint density at radius 3 is 2.55 bits per heavy atom. The lowest BCUT2D eigenvalue weighted by Crippen LogP contribution is -2.52. The summed E-state index contributed by atoms with van der Waals surface area (Å²) in [4.78, 5) is 30.5. The Morgan fingerprint density at radius 1 is 1.10 bits per heavy atom. The second-order valence-corrected chi connectivity index (χ2v) is 7.31. The zero-order chi connectivity index (χ0) is 21.6. The predicted molar refractivity (Wildman–Crippen MR) is 115 cm³/mol. The van der Waals surface area contributed by atoms with Gasteiger partial charge in [-0.2, -0.15) is 0 Å². The van der Waals surface area contributed by atoms with Crippen LogP contribution in [0.3, 0.4) is 0 Å². The summed E-state index contributed by atoms with van der Waals surface area (Å²) in [5.74, 6) is -0.366. The third-order valence-electron chi connectivity index (χ3n) is 5.25. The zero-order valence-electron chi connectivity index (χ0n) is 16.8. The van der Waals surface area contributed by atoms with Gasteiger partial charge in [-0.05, 0) is 41.5 Å². The van der Waals surface area contributed by atoms with Gasteiger partial charge in [0.2, 0.25) is 5.91 Å². The van der Waals surface area contributed by atoms with Crippen molar-refractivity contribution in [3.63, 3.8) is 0 Å². The molecule has 0 bridgehead atoms. The highest BCUT2D eigenvalue weighted by Crippen LogP contribution is 2.31. The smallest absolute Gasteiger partial charge is 0.255 e. The van der Waals surface area contributed by atoms with Gasteiger partial charge in [-0.15, -0.1) is 0 Å². The number of ether oxygens (including phenoxy) is 1. The Bertz CT molecular complexity index is 1030. The van der Waals surface area contributed by atoms with Crippen LogP contribution in [0, 0.1) is 0 Å². The first-order valence-electron chi connectivity index (χ1n) is 10.0. The van der Waals surface area contributed by atoms with Crippen molar-refractivity contribution in [2.24, 2.45) is 0 Å². The summed E-state index contributed by atoms with van der Waals surface area (Å²) in [6.45, 7) is 0.0556. The summed E-state index contributed by atoms with van der Waals surface area (Å²) >= 11 is 0. The van der Waals surface area contributed by atoms with Gasteiger partial charge in [-0.1, -0.05) is 36.4 Å². The molecule has 1 fully saturated rings. The molecule has 0 aliphatic carbocycles. The summed E-state index contributed by atoms with van der Waals surface area (Å²) in [6.07, 6.45) is 2.91. The number of nitrogens with one attached hydrogen (secondary N) is 1. The molecular weight excluding hydrogens is 394 g/mol. The van der Waals surface area contributed by atoms with Crippen molar-refractivity contribution in [3.8, 4) is 0 Å². The van der Waals surface area contributed by atoms with Crippen LogP contribution in [0.5, 0.6) is 0 Å². The molecule has 3 aromatic rings. The van der Waals surface area contributed by atoms with Crippen molar-refractivity contribution >= 4 is 17.5 Å². The molecule has 2 N–H and O–H groups in total. The van der Waals surface area contributed by atoms with E-state index in [-0.39, 0.29) is 25.0 Å². The van der Waals surface area contributed by atoms with Gasteiger partial charge in [0.25, 0.3) is 5.91 Å². The second-order valence-electron chi connectivity index (χ2n) is 7.31. The molecule has 2 atom stereocenters. The van der Waals surface area contributed by atoms with E-state index in [2.05, 4.69) is 10.3 Å². The third-order valence-corrected chi connectivity index (χ3v) is 5.25. The molecule has 0 saturated carbocycles. The number of carbonyl (C=O) groups excluding carboxylic acids is 2. The number of carbonyl (C=O) groups is 2. The molecule has 0 unspecified atom stereocenters. The number of rotatable bonds is 6. The Hall–Kier alpha value is -3.55. The summed E-state index contributed by atoms with van der Waals surface area (Å²) in [5, 5.41) is 12.9. The number of anilines is 1. The lowest BCUT2D eigenvalue weighted by molar-refractivity contribution is -0.162. The third kappa shape index (κ3) is 4.79. The number of aliphatic hydroxyl groups is 1. The van der Waals surface area contributed by atoms with Gasteiger partial charge in [0, 0.05) is 30.2 Å². The number of aromatic nitrogens is 1. The summed E-state index contributed by atoms with van der Waals surface area (Å²) in [5.41, 5.74) is 2.93. The molecule has 7 nitrogen and oxygen atoms in total. The maximum Gasteiger partial charge on any atom is 0.255 e. The second kappa shape index (κ2) is 9.51. The van der Waals surface area contributed by atoms with Crippen LogP contribution in [0.2, 0.25) is 0 Å². The van der Waals surface area contributed by atoms with E-state index < -0.39 is 12.1 Å². The molecule has 2 aromatic carbocycles. The molecule has 1 saturated heterocycles. The van der Waals surface area contributed by atoms with E-state index in [1.807, 2.05) is 42.5 Å². The van der Waals surface area contributed by atoms with Crippen molar-refractivity contribution in [1.82, 2.24) is 9.88 Å². The lowest BCUT2D eigenvalue weighted by Gasteiger charge is -2.40. The molecule has 1 aliphatic heterocycles. The molecule has 1 aliphatic rings. The first-order valence-corrected chi connectivity index (χ1v) is 10.0. The highest BCUT2D eigenvalue weighted by molar-refractivity contribution is 6.04. The largest absolute Gasteiger partial charge is 0.394 e. The fraction of sp³-hybridized carbons (Fsp3) is 0.208. The van der Waals surface area contributed by atoms with Crippen LogP contribution in [0.15, 0.2) is 79.1 Å². The van der Waals surface area contributed by atoms with Crippen LogP contribution in [0.25, 0.3) is 0 Å². The van der Waals surface area contributed by atoms with Crippen molar-refractivity contribution in [3.05, 3.63) is 95.8 Å². The summed E-state index contributed by atoms with van der Waals surface area (Å²) in [7, 11) is 0. The number of hydrogen-bond donors (Lipinski definition) is 2. The van der Waals surface area contributed by atoms with Gasteiger partial charge in [-0.3, -0.25) is 14.6 Å². The van der Waals surface area contributed by atoms with E-state index in [1.54, 1.807) is 41.6 Å². The SMILES string of the molecule is O=C(Nc1ccc([C@H]2OCC(=O)N(Cc3cccnc3)[C@@H]2CO)cc1)c1ccccc1. The number of benzene rings is 2. The van der Waals surface area contributed by atoms with Gasteiger partial charge in [-0.25, -0.2) is 0 Å². The van der Waals surface area contributed by atoms with Crippen molar-refractivity contribution < 1.29 is 19.4 Å². The standard InChI is InChI=1S/C24H23N3O4/c28-15-21-23(31-16-22(29)27(21)14-17-5-4-12-25-13-17)18-8-10-20(11-9-18)26-24(30)19-6-2-1-3-7-19/h1-13,21,23,28H,14-16H2,(H,26,30)/t21-,23-/m1/s1. The summed E-state index contributed by atoms with van der Waals surface area (Å²) in [6, 6.07) is 19.4. The van der Waals surface area contributed by atoms with Crippen LogP contribution in [0.4, 0.5) is 5.69 Å². The highest BCUT2D eigenvalue weighted by Gasteiger charge is 2.37. The molecular formula is C24H23N3O4. The van der Waals surface area contributed by atoms with Gasteiger partial charge in [0.15, 0.2) is 0 Å². The minimum Gasteiger partial charge on any atom is -0.394 e. The van der Waals surface area contributed by atoms with E-state index in [0.717, 1.165) is 11.1 Å². The van der Waals surface area contributed by atoms with E-state index in [4.69, 9.17) is 4.74 Å².